The van der Waals surface area contributed by atoms with Crippen molar-refractivity contribution in [2.45, 2.75) is 33.6 Å². The molecule has 1 saturated heterocycles. The highest BCUT2D eigenvalue weighted by Crippen LogP contribution is 2.28. The third-order valence-corrected chi connectivity index (χ3v) is 6.43. The molecule has 6 heteroatoms. The molecule has 2 amide bonds. The van der Waals surface area contributed by atoms with Crippen molar-refractivity contribution in [2.75, 3.05) is 26.2 Å². The van der Waals surface area contributed by atoms with E-state index in [1.165, 1.54) is 5.56 Å². The summed E-state index contributed by atoms with van der Waals surface area (Å²) < 4.78 is 0. The van der Waals surface area contributed by atoms with Crippen molar-refractivity contribution in [3.63, 3.8) is 0 Å². The van der Waals surface area contributed by atoms with E-state index < -0.39 is 0 Å². The number of hydrogen-bond acceptors (Lipinski definition) is 3. The lowest BCUT2D eigenvalue weighted by Gasteiger charge is -2.24. The van der Waals surface area contributed by atoms with E-state index in [4.69, 9.17) is 0 Å². The topological polar surface area (TPSA) is 69.3 Å². The fourth-order valence-electron chi connectivity index (χ4n) is 4.59. The fraction of sp³-hybridized carbons (Fsp3) is 0.370. The molecule has 0 unspecified atom stereocenters. The van der Waals surface area contributed by atoms with E-state index in [0.29, 0.717) is 38.2 Å². The third-order valence-electron chi connectivity index (χ3n) is 6.43. The number of carbonyl (C=O) groups is 2. The number of benzene rings is 2. The summed E-state index contributed by atoms with van der Waals surface area (Å²) in [6.07, 6.45) is 3.07. The molecule has 33 heavy (non-hydrogen) atoms. The molecule has 172 valence electrons. The summed E-state index contributed by atoms with van der Waals surface area (Å²) in [7, 11) is 0. The van der Waals surface area contributed by atoms with Gasteiger partial charge in [-0.15, -0.1) is 0 Å². The number of hydrogen-bond donors (Lipinski definition) is 1. The molecule has 0 saturated carbocycles. The molecular formula is C27H32N4O2. The number of H-pyrrole nitrogens is 1. The molecule has 2 heterocycles. The molecule has 0 radical (unpaired) electrons. The van der Waals surface area contributed by atoms with Crippen LogP contribution in [0.4, 0.5) is 0 Å². The van der Waals surface area contributed by atoms with Gasteiger partial charge in [-0.25, -0.2) is 0 Å². The minimum Gasteiger partial charge on any atom is -0.341 e. The molecular weight excluding hydrogens is 412 g/mol. The Hall–Kier alpha value is -3.41. The number of aromatic amines is 1. The Morgan fingerprint density at radius 1 is 1.09 bits per heavy atom. The van der Waals surface area contributed by atoms with Crippen LogP contribution in [0, 0.1) is 19.8 Å². The van der Waals surface area contributed by atoms with Gasteiger partial charge in [-0.1, -0.05) is 61.0 Å². The van der Waals surface area contributed by atoms with Gasteiger partial charge in [-0.05, 0) is 43.4 Å². The first-order valence-corrected chi connectivity index (χ1v) is 11.7. The van der Waals surface area contributed by atoms with Gasteiger partial charge in [-0.2, -0.15) is 5.10 Å². The van der Waals surface area contributed by atoms with Crippen LogP contribution >= 0.6 is 0 Å². The summed E-state index contributed by atoms with van der Waals surface area (Å²) in [5.74, 6) is -0.221. The Bertz CT molecular complexity index is 1120. The van der Waals surface area contributed by atoms with Crippen LogP contribution in [0.1, 0.15) is 40.5 Å². The lowest BCUT2D eigenvalue weighted by atomic mass is 9.91. The molecule has 0 bridgehead atoms. The molecule has 4 rings (SSSR count). The number of aromatic nitrogens is 2. The second kappa shape index (κ2) is 10.0. The van der Waals surface area contributed by atoms with Crippen molar-refractivity contribution >= 4 is 11.8 Å². The van der Waals surface area contributed by atoms with Crippen LogP contribution in [0.15, 0.2) is 54.7 Å². The maximum absolute atomic E-state index is 13.5. The highest BCUT2D eigenvalue weighted by Gasteiger charge is 2.33. The Kier molecular flexibility index (Phi) is 6.92. The smallest absolute Gasteiger partial charge is 0.257 e. The highest BCUT2D eigenvalue weighted by atomic mass is 16.2. The summed E-state index contributed by atoms with van der Waals surface area (Å²) in [6, 6.07) is 16.8. The molecule has 0 spiro atoms. The van der Waals surface area contributed by atoms with Crippen LogP contribution in [0.5, 0.6) is 0 Å². The first kappa shape index (κ1) is 22.8. The number of aryl methyl sites for hydroxylation is 2. The second-order valence-electron chi connectivity index (χ2n) is 8.91. The van der Waals surface area contributed by atoms with E-state index in [2.05, 4.69) is 60.4 Å². The van der Waals surface area contributed by atoms with Crippen molar-refractivity contribution in [1.29, 1.82) is 0 Å². The summed E-state index contributed by atoms with van der Waals surface area (Å²) in [4.78, 5) is 30.5. The van der Waals surface area contributed by atoms with Gasteiger partial charge in [0.25, 0.3) is 5.91 Å². The summed E-state index contributed by atoms with van der Waals surface area (Å²) in [6.45, 7) is 8.22. The van der Waals surface area contributed by atoms with E-state index >= 15 is 0 Å². The molecule has 1 aromatic heterocycles. The lowest BCUT2D eigenvalue weighted by Crippen LogP contribution is -2.38. The Balaban J connectivity index is 1.64. The zero-order valence-electron chi connectivity index (χ0n) is 19.7. The van der Waals surface area contributed by atoms with Crippen LogP contribution in [0.25, 0.3) is 11.1 Å². The van der Waals surface area contributed by atoms with E-state index in [1.54, 1.807) is 6.20 Å². The van der Waals surface area contributed by atoms with E-state index in [0.717, 1.165) is 28.8 Å². The SMILES string of the molecule is CCCN1CCN(C(=O)c2cn[nH]c2C)C[C@@H](Cc2ccccc2-c2ccc(C)cc2)C1=O. The van der Waals surface area contributed by atoms with Crippen molar-refractivity contribution in [3.05, 3.63) is 77.1 Å². The normalized spacial score (nSPS) is 16.7. The van der Waals surface area contributed by atoms with Crippen molar-refractivity contribution < 1.29 is 9.59 Å². The first-order chi connectivity index (χ1) is 16.0. The standard InChI is InChI=1S/C27H32N4O2/c1-4-13-30-14-15-31(27(33)25-17-28-29-20(25)3)18-23(26(30)32)16-22-7-5-6-8-24(22)21-11-9-19(2)10-12-21/h5-12,17,23H,4,13-16,18H2,1-3H3,(H,28,29)/t23-/m1/s1. The lowest BCUT2D eigenvalue weighted by molar-refractivity contribution is -0.134. The third kappa shape index (κ3) is 5.00. The van der Waals surface area contributed by atoms with Gasteiger partial charge >= 0.3 is 0 Å². The zero-order chi connectivity index (χ0) is 23.4. The first-order valence-electron chi connectivity index (χ1n) is 11.7. The van der Waals surface area contributed by atoms with Gasteiger partial charge in [0, 0.05) is 31.9 Å². The molecule has 2 aromatic carbocycles. The largest absolute Gasteiger partial charge is 0.341 e. The molecule has 1 aliphatic heterocycles. The zero-order valence-corrected chi connectivity index (χ0v) is 19.7. The van der Waals surface area contributed by atoms with Gasteiger partial charge < -0.3 is 9.80 Å². The highest BCUT2D eigenvalue weighted by molar-refractivity contribution is 5.95. The maximum atomic E-state index is 13.5. The number of rotatable bonds is 6. The monoisotopic (exact) mass is 444 g/mol. The molecule has 1 aliphatic rings. The van der Waals surface area contributed by atoms with Crippen LogP contribution in [-0.2, 0) is 11.2 Å². The molecule has 6 nitrogen and oxygen atoms in total. The van der Waals surface area contributed by atoms with Crippen molar-refractivity contribution in [1.82, 2.24) is 20.0 Å². The minimum atomic E-state index is -0.290. The predicted octanol–water partition coefficient (Wildman–Crippen LogP) is 4.25. The molecule has 1 atom stereocenters. The number of carbonyl (C=O) groups excluding carboxylic acids is 2. The Morgan fingerprint density at radius 2 is 1.85 bits per heavy atom. The Morgan fingerprint density at radius 3 is 2.55 bits per heavy atom. The van der Waals surface area contributed by atoms with Gasteiger partial charge in [0.1, 0.15) is 0 Å². The average molecular weight is 445 g/mol. The quantitative estimate of drug-likeness (QED) is 0.618. The van der Waals surface area contributed by atoms with Gasteiger partial charge in [0.15, 0.2) is 0 Å². The maximum Gasteiger partial charge on any atom is 0.257 e. The average Bonchev–Trinajstić information content (AvgIpc) is 3.19. The van der Waals surface area contributed by atoms with Crippen LogP contribution in [0.3, 0.4) is 0 Å². The van der Waals surface area contributed by atoms with Crippen molar-refractivity contribution in [3.8, 4) is 11.1 Å². The number of amides is 2. The van der Waals surface area contributed by atoms with E-state index in [1.807, 2.05) is 28.9 Å². The van der Waals surface area contributed by atoms with Crippen LogP contribution in [-0.4, -0.2) is 58.0 Å². The van der Waals surface area contributed by atoms with Gasteiger partial charge in [-0.3, -0.25) is 14.7 Å². The number of nitrogens with zero attached hydrogens (tertiary/aromatic N) is 3. The fourth-order valence-corrected chi connectivity index (χ4v) is 4.59. The summed E-state index contributed by atoms with van der Waals surface area (Å²) in [5.41, 5.74) is 5.95. The minimum absolute atomic E-state index is 0.0655. The van der Waals surface area contributed by atoms with Crippen LogP contribution in [0.2, 0.25) is 0 Å². The molecule has 0 aliphatic carbocycles. The summed E-state index contributed by atoms with van der Waals surface area (Å²) >= 11 is 0. The second-order valence-corrected chi connectivity index (χ2v) is 8.91. The van der Waals surface area contributed by atoms with Crippen LogP contribution < -0.4 is 0 Å². The summed E-state index contributed by atoms with van der Waals surface area (Å²) in [5, 5.41) is 6.86. The Labute approximate surface area is 195 Å². The number of nitrogens with one attached hydrogen (secondary N) is 1. The van der Waals surface area contributed by atoms with E-state index in [9.17, 15) is 9.59 Å². The molecule has 3 aromatic rings. The molecule has 1 N–H and O–H groups in total. The van der Waals surface area contributed by atoms with E-state index in [-0.39, 0.29) is 17.7 Å². The predicted molar refractivity (Wildman–Crippen MR) is 130 cm³/mol. The van der Waals surface area contributed by atoms with Gasteiger partial charge in [0.05, 0.1) is 17.7 Å². The van der Waals surface area contributed by atoms with Crippen molar-refractivity contribution in [2.24, 2.45) is 5.92 Å². The molecule has 1 fully saturated rings. The van der Waals surface area contributed by atoms with Gasteiger partial charge in [0.2, 0.25) is 5.91 Å².